The molecular formula is C16H16IO+. The van der Waals surface area contributed by atoms with E-state index in [1.165, 1.54) is 9.13 Å². The topological polar surface area (TPSA) is 20.2 Å². The second kappa shape index (κ2) is 7.21. The van der Waals surface area contributed by atoms with E-state index in [4.69, 9.17) is 0 Å². The zero-order valence-corrected chi connectivity index (χ0v) is 12.2. The van der Waals surface area contributed by atoms with Gasteiger partial charge in [0.15, 0.2) is 7.65 Å². The quantitative estimate of drug-likeness (QED) is 0.629. The highest BCUT2D eigenvalue weighted by Gasteiger charge is 2.09. The first-order valence-electron chi connectivity index (χ1n) is 5.95. The van der Waals surface area contributed by atoms with Crippen LogP contribution >= 0.6 is 0 Å². The highest BCUT2D eigenvalue weighted by molar-refractivity contribution is 5.15. The lowest BCUT2D eigenvalue weighted by atomic mass is 10.1. The van der Waals surface area contributed by atoms with Crippen molar-refractivity contribution in [3.8, 4) is 0 Å². The molecule has 0 saturated heterocycles. The van der Waals surface area contributed by atoms with Gasteiger partial charge >= 0.3 is 21.2 Å². The average Bonchev–Trinajstić information content (AvgIpc) is 2.45. The minimum atomic E-state index is -0.208. The number of hydrogen-bond donors (Lipinski definition) is 1. The van der Waals surface area contributed by atoms with Crippen molar-refractivity contribution in [2.75, 3.05) is 0 Å². The Kier molecular flexibility index (Phi) is 5.27. The van der Waals surface area contributed by atoms with Gasteiger partial charge in [0.25, 0.3) is 0 Å². The van der Waals surface area contributed by atoms with Crippen LogP contribution in [0.4, 0.5) is 0 Å². The molecule has 0 unspecified atom stereocenters. The summed E-state index contributed by atoms with van der Waals surface area (Å²) < 4.78 is 3.35. The molecule has 0 bridgehead atoms. The third-order valence-electron chi connectivity index (χ3n) is 2.55. The molecule has 18 heavy (non-hydrogen) atoms. The number of allylic oxidation sites excluding steroid dienone is 1. The first-order valence-corrected chi connectivity index (χ1v) is 8.27. The molecule has 0 aliphatic rings. The van der Waals surface area contributed by atoms with Gasteiger partial charge in [-0.15, -0.1) is 0 Å². The van der Waals surface area contributed by atoms with Gasteiger partial charge in [0.2, 0.25) is 0 Å². The molecule has 2 rings (SSSR count). The predicted octanol–water partition coefficient (Wildman–Crippen LogP) is 0.977. The smallest absolute Gasteiger partial charge is 0.353 e. The van der Waals surface area contributed by atoms with Crippen molar-refractivity contribution in [3.63, 3.8) is 0 Å². The van der Waals surface area contributed by atoms with E-state index in [1.807, 2.05) is 40.5 Å². The lowest BCUT2D eigenvalue weighted by Gasteiger charge is -1.98. The standard InChI is InChI=1S/C16H15IO/c18-16(12-11-14-7-3-1-4-8-14)13-17-15-9-5-2-6-10-15/h1-10,13H,11-12H2/p+1/b16-13-. The van der Waals surface area contributed by atoms with Gasteiger partial charge in [-0.25, -0.2) is 0 Å². The van der Waals surface area contributed by atoms with Crippen LogP contribution < -0.4 is 21.2 Å². The van der Waals surface area contributed by atoms with Gasteiger partial charge in [-0.2, -0.15) is 0 Å². The number of aryl methyl sites for hydroxylation is 1. The Bertz CT molecular complexity index is 491. The molecule has 0 fully saturated rings. The summed E-state index contributed by atoms with van der Waals surface area (Å²) in [6.45, 7) is 0. The summed E-state index contributed by atoms with van der Waals surface area (Å²) in [6.07, 6.45) is 1.64. The number of halogens is 1. The van der Waals surface area contributed by atoms with Gasteiger partial charge < -0.3 is 5.11 Å². The van der Waals surface area contributed by atoms with Crippen molar-refractivity contribution in [1.29, 1.82) is 0 Å². The minimum absolute atomic E-state index is 0.208. The maximum Gasteiger partial charge on any atom is 0.353 e. The molecule has 2 aromatic carbocycles. The Balaban J connectivity index is 1.83. The van der Waals surface area contributed by atoms with E-state index < -0.39 is 0 Å². The molecule has 0 aliphatic carbocycles. The van der Waals surface area contributed by atoms with E-state index in [9.17, 15) is 5.11 Å². The highest BCUT2D eigenvalue weighted by Crippen LogP contribution is 2.05. The second-order valence-corrected chi connectivity index (χ2v) is 6.48. The molecule has 0 spiro atoms. The fourth-order valence-corrected chi connectivity index (χ4v) is 3.45. The second-order valence-electron chi connectivity index (χ2n) is 3.99. The molecule has 0 saturated carbocycles. The maximum absolute atomic E-state index is 9.86. The first kappa shape index (κ1) is 13.1. The van der Waals surface area contributed by atoms with Crippen LogP contribution in [0.15, 0.2) is 70.5 Å². The lowest BCUT2D eigenvalue weighted by molar-refractivity contribution is -0.558. The van der Waals surface area contributed by atoms with Crippen molar-refractivity contribution in [3.05, 3.63) is 79.6 Å². The van der Waals surface area contributed by atoms with Gasteiger partial charge in [0.05, 0.1) is 0 Å². The zero-order chi connectivity index (χ0) is 12.6. The third kappa shape index (κ3) is 4.53. The van der Waals surface area contributed by atoms with E-state index in [1.54, 1.807) is 0 Å². The van der Waals surface area contributed by atoms with Gasteiger partial charge in [0, 0.05) is 6.42 Å². The molecule has 1 nitrogen and oxygen atoms in total. The Morgan fingerprint density at radius 3 is 2.22 bits per heavy atom. The van der Waals surface area contributed by atoms with Crippen molar-refractivity contribution in [2.45, 2.75) is 12.8 Å². The monoisotopic (exact) mass is 351 g/mol. The van der Waals surface area contributed by atoms with Crippen LogP contribution in [0.2, 0.25) is 0 Å². The number of hydrogen-bond acceptors (Lipinski definition) is 1. The molecule has 0 heterocycles. The molecule has 2 heteroatoms. The predicted molar refractivity (Wildman–Crippen MR) is 70.6 cm³/mol. The van der Waals surface area contributed by atoms with Crippen molar-refractivity contribution in [2.24, 2.45) is 0 Å². The summed E-state index contributed by atoms with van der Waals surface area (Å²) in [7, 11) is 0. The summed E-state index contributed by atoms with van der Waals surface area (Å²) in [5.74, 6) is 0.524. The summed E-state index contributed by atoms with van der Waals surface area (Å²) in [5, 5.41) is 9.86. The van der Waals surface area contributed by atoms with Crippen molar-refractivity contribution >= 4 is 0 Å². The Morgan fingerprint density at radius 2 is 1.56 bits per heavy atom. The molecule has 0 amide bonds. The molecule has 0 aromatic heterocycles. The maximum atomic E-state index is 9.86. The molecule has 1 N–H and O–H groups in total. The van der Waals surface area contributed by atoms with E-state index in [0.29, 0.717) is 5.76 Å². The van der Waals surface area contributed by atoms with Crippen LogP contribution in [-0.4, -0.2) is 5.11 Å². The van der Waals surface area contributed by atoms with Gasteiger partial charge in [0.1, 0.15) is 5.76 Å². The molecule has 92 valence electrons. The number of benzene rings is 2. The van der Waals surface area contributed by atoms with Crippen LogP contribution in [0.1, 0.15) is 12.0 Å². The minimum Gasteiger partial charge on any atom is -0.508 e. The highest BCUT2D eigenvalue weighted by atomic mass is 127. The first-order chi connectivity index (χ1) is 8.84. The van der Waals surface area contributed by atoms with E-state index in [-0.39, 0.29) is 21.2 Å². The normalized spacial score (nSPS) is 11.4. The lowest BCUT2D eigenvalue weighted by Crippen LogP contribution is -3.59. The van der Waals surface area contributed by atoms with Crippen LogP contribution in [0, 0.1) is 3.57 Å². The van der Waals surface area contributed by atoms with E-state index >= 15 is 0 Å². The Labute approximate surface area is 118 Å². The van der Waals surface area contributed by atoms with Crippen molar-refractivity contribution < 1.29 is 26.3 Å². The third-order valence-corrected chi connectivity index (χ3v) is 5.02. The summed E-state index contributed by atoms with van der Waals surface area (Å²) in [4.78, 5) is 0. The van der Waals surface area contributed by atoms with Gasteiger partial charge in [-0.05, 0) is 24.1 Å². The van der Waals surface area contributed by atoms with Gasteiger partial charge in [-0.3, -0.25) is 0 Å². The fraction of sp³-hybridized carbons (Fsp3) is 0.125. The van der Waals surface area contributed by atoms with E-state index in [2.05, 4.69) is 24.3 Å². The van der Waals surface area contributed by atoms with Crippen LogP contribution in [0.3, 0.4) is 0 Å². The largest absolute Gasteiger partial charge is 0.508 e. The van der Waals surface area contributed by atoms with Gasteiger partial charge in [-0.1, -0.05) is 48.5 Å². The van der Waals surface area contributed by atoms with Crippen LogP contribution in [0.25, 0.3) is 0 Å². The number of rotatable bonds is 5. The Morgan fingerprint density at radius 1 is 0.944 bits per heavy atom. The number of aliphatic hydroxyl groups excluding tert-OH is 1. The SMILES string of the molecule is O/C(=C\[I+]c1ccccc1)CCc1ccccc1. The molecule has 0 radical (unpaired) electrons. The molecular weight excluding hydrogens is 335 g/mol. The van der Waals surface area contributed by atoms with E-state index in [0.717, 1.165) is 12.8 Å². The fourth-order valence-electron chi connectivity index (χ4n) is 1.59. The molecule has 0 aliphatic heterocycles. The molecule has 0 atom stereocenters. The summed E-state index contributed by atoms with van der Waals surface area (Å²) in [5.41, 5.74) is 1.27. The average molecular weight is 351 g/mol. The zero-order valence-electron chi connectivity index (χ0n) is 10.1. The number of aliphatic hydroxyl groups is 1. The molecule has 2 aromatic rings. The summed E-state index contributed by atoms with van der Waals surface area (Å²) in [6, 6.07) is 20.6. The Hall–Kier alpha value is -1.29. The van der Waals surface area contributed by atoms with Crippen molar-refractivity contribution in [1.82, 2.24) is 0 Å². The van der Waals surface area contributed by atoms with Crippen LogP contribution in [0.5, 0.6) is 0 Å². The van der Waals surface area contributed by atoms with Crippen LogP contribution in [-0.2, 0) is 6.42 Å². The summed E-state index contributed by atoms with van der Waals surface area (Å²) >= 11 is -0.208.